The Hall–Kier alpha value is -1.80. The zero-order valence-corrected chi connectivity index (χ0v) is 17.4. The van der Waals surface area contributed by atoms with Crippen molar-refractivity contribution in [3.63, 3.8) is 0 Å². The largest absolute Gasteiger partial charge is 0.496 e. The van der Waals surface area contributed by atoms with Crippen molar-refractivity contribution in [1.29, 1.82) is 0 Å². The van der Waals surface area contributed by atoms with Crippen LogP contribution in [0.25, 0.3) is 0 Å². The minimum absolute atomic E-state index is 0.241. The number of benzene rings is 2. The highest BCUT2D eigenvalue weighted by molar-refractivity contribution is 5.46. The molecule has 28 heavy (non-hydrogen) atoms. The highest BCUT2D eigenvalue weighted by atomic mass is 16.5. The molecule has 0 heterocycles. The fourth-order valence-electron chi connectivity index (χ4n) is 7.89. The summed E-state index contributed by atoms with van der Waals surface area (Å²) >= 11 is 0. The third kappa shape index (κ3) is 2.80. The first-order valence-corrected chi connectivity index (χ1v) is 10.8. The molecule has 4 saturated carbocycles. The van der Waals surface area contributed by atoms with Gasteiger partial charge in [0.15, 0.2) is 0 Å². The molecule has 148 valence electrons. The van der Waals surface area contributed by atoms with E-state index in [0.717, 1.165) is 22.8 Å². The Morgan fingerprint density at radius 2 is 1.57 bits per heavy atom. The molecule has 4 fully saturated rings. The summed E-state index contributed by atoms with van der Waals surface area (Å²) in [5.41, 5.74) is 4.40. The Labute approximate surface area is 168 Å². The summed E-state index contributed by atoms with van der Waals surface area (Å²) in [5.74, 6) is 1.81. The van der Waals surface area contributed by atoms with Crippen LogP contribution >= 0.6 is 0 Å². The van der Waals surface area contributed by atoms with E-state index in [2.05, 4.69) is 32.0 Å². The summed E-state index contributed by atoms with van der Waals surface area (Å²) in [5, 5.41) is 10.9. The fourth-order valence-corrected chi connectivity index (χ4v) is 7.89. The van der Waals surface area contributed by atoms with Gasteiger partial charge in [-0.05, 0) is 72.5 Å². The van der Waals surface area contributed by atoms with Crippen molar-refractivity contribution in [2.75, 3.05) is 7.11 Å². The Kier molecular flexibility index (Phi) is 3.97. The maximum Gasteiger partial charge on any atom is 0.122 e. The highest BCUT2D eigenvalue weighted by Gasteiger charge is 2.61. The summed E-state index contributed by atoms with van der Waals surface area (Å²) in [6.07, 6.45) is 7.43. The number of aliphatic hydroxyl groups is 1. The van der Waals surface area contributed by atoms with Crippen LogP contribution in [-0.2, 0) is 5.41 Å². The molecule has 3 unspecified atom stereocenters. The topological polar surface area (TPSA) is 29.5 Å². The Morgan fingerprint density at radius 3 is 2.18 bits per heavy atom. The molecule has 0 saturated heterocycles. The van der Waals surface area contributed by atoms with Crippen molar-refractivity contribution in [2.45, 2.75) is 63.9 Å². The van der Waals surface area contributed by atoms with Gasteiger partial charge in [0.2, 0.25) is 0 Å². The van der Waals surface area contributed by atoms with Gasteiger partial charge >= 0.3 is 0 Å². The van der Waals surface area contributed by atoms with Crippen LogP contribution in [0.4, 0.5) is 0 Å². The smallest absolute Gasteiger partial charge is 0.122 e. The van der Waals surface area contributed by atoms with Crippen LogP contribution in [0.5, 0.6) is 5.75 Å². The number of rotatable bonds is 4. The normalized spacial score (nSPS) is 37.1. The second kappa shape index (κ2) is 6.10. The quantitative estimate of drug-likeness (QED) is 0.706. The molecule has 2 heteroatoms. The zero-order chi connectivity index (χ0) is 19.6. The second-order valence-electron chi connectivity index (χ2n) is 10.7. The Morgan fingerprint density at radius 1 is 0.893 bits per heavy atom. The van der Waals surface area contributed by atoms with Crippen LogP contribution in [0.3, 0.4) is 0 Å². The van der Waals surface area contributed by atoms with Gasteiger partial charge in [-0.2, -0.15) is 0 Å². The van der Waals surface area contributed by atoms with Gasteiger partial charge in [0.1, 0.15) is 11.9 Å². The van der Waals surface area contributed by atoms with Gasteiger partial charge < -0.3 is 9.84 Å². The SMILES string of the molecule is COc1cc(C(O)c2ccccc2)ccc1C12CC3CC(C)(CC(C)(C3)C1)C2. The fraction of sp³-hybridized carbons (Fsp3) is 0.538. The summed E-state index contributed by atoms with van der Waals surface area (Å²) in [4.78, 5) is 0. The van der Waals surface area contributed by atoms with E-state index in [9.17, 15) is 5.11 Å². The molecule has 6 rings (SSSR count). The maximum absolute atomic E-state index is 10.9. The minimum Gasteiger partial charge on any atom is -0.496 e. The molecule has 0 radical (unpaired) electrons. The van der Waals surface area contributed by atoms with Crippen LogP contribution in [0, 0.1) is 16.7 Å². The van der Waals surface area contributed by atoms with Gasteiger partial charge in [-0.1, -0.05) is 56.3 Å². The molecule has 0 amide bonds. The van der Waals surface area contributed by atoms with Gasteiger partial charge in [0, 0.05) is 11.0 Å². The number of hydrogen-bond donors (Lipinski definition) is 1. The van der Waals surface area contributed by atoms with Crippen molar-refractivity contribution >= 4 is 0 Å². The van der Waals surface area contributed by atoms with Crippen molar-refractivity contribution in [2.24, 2.45) is 16.7 Å². The van der Waals surface area contributed by atoms with Gasteiger partial charge in [-0.3, -0.25) is 0 Å². The van der Waals surface area contributed by atoms with E-state index in [1.807, 2.05) is 30.3 Å². The molecule has 3 atom stereocenters. The zero-order valence-electron chi connectivity index (χ0n) is 17.4. The first kappa shape index (κ1) is 18.2. The third-order valence-electron chi connectivity index (χ3n) is 7.85. The lowest BCUT2D eigenvalue weighted by Crippen LogP contribution is -2.56. The van der Waals surface area contributed by atoms with Crippen LogP contribution in [-0.4, -0.2) is 12.2 Å². The number of ether oxygens (including phenoxy) is 1. The number of hydrogen-bond acceptors (Lipinski definition) is 2. The monoisotopic (exact) mass is 376 g/mol. The lowest BCUT2D eigenvalue weighted by molar-refractivity contribution is -0.110. The summed E-state index contributed by atoms with van der Waals surface area (Å²) in [6.45, 7) is 5.04. The molecule has 4 bridgehead atoms. The number of aliphatic hydroxyl groups excluding tert-OH is 1. The van der Waals surface area contributed by atoms with E-state index in [-0.39, 0.29) is 5.41 Å². The first-order chi connectivity index (χ1) is 13.3. The molecular weight excluding hydrogens is 344 g/mol. The standard InChI is InChI=1S/C26H32O2/c1-24-12-18-13-25(2,15-24)17-26(14-18,16-24)21-10-9-20(11-22(21)28-3)23(27)19-7-5-4-6-8-19/h4-11,18,23,27H,12-17H2,1-3H3. The van der Waals surface area contributed by atoms with Crippen LogP contribution in [0.15, 0.2) is 48.5 Å². The first-order valence-electron chi connectivity index (χ1n) is 10.8. The van der Waals surface area contributed by atoms with Gasteiger partial charge in [0.25, 0.3) is 0 Å². The average molecular weight is 377 g/mol. The molecule has 0 aliphatic heterocycles. The predicted molar refractivity (Wildman–Crippen MR) is 113 cm³/mol. The Bertz CT molecular complexity index is 869. The van der Waals surface area contributed by atoms with Crippen LogP contribution in [0.1, 0.15) is 75.2 Å². The van der Waals surface area contributed by atoms with E-state index in [4.69, 9.17) is 4.74 Å². The maximum atomic E-state index is 10.9. The molecular formula is C26H32O2. The van der Waals surface area contributed by atoms with Crippen molar-refractivity contribution in [3.05, 3.63) is 65.2 Å². The molecule has 2 nitrogen and oxygen atoms in total. The lowest BCUT2D eigenvalue weighted by Gasteiger charge is -2.65. The minimum atomic E-state index is -0.615. The number of methoxy groups -OCH3 is 1. The van der Waals surface area contributed by atoms with E-state index < -0.39 is 6.10 Å². The van der Waals surface area contributed by atoms with E-state index >= 15 is 0 Å². The highest BCUT2D eigenvalue weighted by Crippen LogP contribution is 2.70. The summed E-state index contributed by atoms with van der Waals surface area (Å²) in [7, 11) is 1.78. The van der Waals surface area contributed by atoms with E-state index in [1.165, 1.54) is 44.1 Å². The molecule has 2 aromatic carbocycles. The lowest BCUT2D eigenvalue weighted by atomic mass is 9.39. The third-order valence-corrected chi connectivity index (χ3v) is 7.85. The average Bonchev–Trinajstić information content (AvgIpc) is 2.64. The van der Waals surface area contributed by atoms with Gasteiger partial charge in [0.05, 0.1) is 7.11 Å². The summed E-state index contributed by atoms with van der Waals surface area (Å²) in [6, 6.07) is 16.4. The van der Waals surface area contributed by atoms with Gasteiger partial charge in [-0.15, -0.1) is 0 Å². The predicted octanol–water partition coefficient (Wildman–Crippen LogP) is 6.02. The van der Waals surface area contributed by atoms with Crippen molar-refractivity contribution in [1.82, 2.24) is 0 Å². The summed E-state index contributed by atoms with van der Waals surface area (Å²) < 4.78 is 5.92. The Balaban J connectivity index is 1.54. The molecule has 1 N–H and O–H groups in total. The van der Waals surface area contributed by atoms with Crippen molar-refractivity contribution in [3.8, 4) is 5.75 Å². The molecule has 0 aromatic heterocycles. The van der Waals surface area contributed by atoms with Gasteiger partial charge in [-0.25, -0.2) is 0 Å². The second-order valence-corrected chi connectivity index (χ2v) is 10.7. The molecule has 2 aromatic rings. The van der Waals surface area contributed by atoms with Crippen LogP contribution in [0.2, 0.25) is 0 Å². The van der Waals surface area contributed by atoms with E-state index in [1.54, 1.807) is 7.11 Å². The molecule has 0 spiro atoms. The van der Waals surface area contributed by atoms with Crippen LogP contribution < -0.4 is 4.74 Å². The molecule has 4 aliphatic rings. The van der Waals surface area contributed by atoms with Crippen molar-refractivity contribution < 1.29 is 9.84 Å². The molecule has 4 aliphatic carbocycles. The van der Waals surface area contributed by atoms with E-state index in [0.29, 0.717) is 10.8 Å².